The first-order valence-electron chi connectivity index (χ1n) is 17.8. The summed E-state index contributed by atoms with van der Waals surface area (Å²) >= 11 is 13.1. The average molecular weight is 778 g/mol. The zero-order valence-electron chi connectivity index (χ0n) is 30.9. The molecule has 2 heterocycles. The smallest absolute Gasteiger partial charge is 0.118 e. The number of fused-ring (bicyclic) bond motifs is 2. The number of halogens is 2. The molecule has 0 saturated carbocycles. The van der Waals surface area contributed by atoms with Crippen molar-refractivity contribution >= 4 is 79.2 Å². The molecule has 0 amide bonds. The van der Waals surface area contributed by atoms with E-state index in [1.165, 1.54) is 5.39 Å². The van der Waals surface area contributed by atoms with Crippen LogP contribution < -0.4 is 10.6 Å². The second kappa shape index (κ2) is 16.8. The topological polar surface area (TPSA) is 107 Å². The van der Waals surface area contributed by atoms with Crippen molar-refractivity contribution in [3.8, 4) is 0 Å². The number of aryl methyl sites for hydroxylation is 3. The molecular formula is C46H38Cl2N6O2. The van der Waals surface area contributed by atoms with E-state index in [2.05, 4.69) is 42.6 Å². The van der Waals surface area contributed by atoms with E-state index >= 15 is 0 Å². The molecule has 0 aliphatic rings. The molecule has 8 nitrogen and oxygen atoms in total. The Hall–Kier alpha value is -6.61. The summed E-state index contributed by atoms with van der Waals surface area (Å²) < 4.78 is 2.09. The highest BCUT2D eigenvalue weighted by molar-refractivity contribution is 6.36. The van der Waals surface area contributed by atoms with E-state index in [0.717, 1.165) is 61.4 Å². The van der Waals surface area contributed by atoms with Crippen molar-refractivity contribution in [3.05, 3.63) is 195 Å². The monoisotopic (exact) mass is 776 g/mol. The van der Waals surface area contributed by atoms with Gasteiger partial charge in [-0.1, -0.05) is 112 Å². The van der Waals surface area contributed by atoms with Crippen LogP contribution in [0.4, 0.5) is 22.7 Å². The molecule has 8 aromatic rings. The Morgan fingerprint density at radius 3 is 1.71 bits per heavy atom. The standard InChI is InChI=1S/C23H20ClN3O.C23H18ClN3O/c1-15-6-3-4-8-18(15)22(26-28)19-11-10-17(14-20(19)24)25-21-9-5-7-16-12-13-27(2)23(16)21;1-15-6-2-3-7-17(15)23(27-28)18-11-10-16(14-20(18)24)26-22-12-13-25-21-9-5-4-8-19(21)22/h3-14,25,28H,1-2H3;2-14,28H,1H3,(H,25,26). The minimum atomic E-state index is 0.448. The van der Waals surface area contributed by atoms with E-state index < -0.39 is 0 Å². The normalized spacial score (nSPS) is 11.7. The molecule has 6 aromatic carbocycles. The van der Waals surface area contributed by atoms with Gasteiger partial charge in [0, 0.05) is 69.5 Å². The van der Waals surface area contributed by atoms with Crippen molar-refractivity contribution < 1.29 is 10.4 Å². The van der Waals surface area contributed by atoms with Crippen LogP contribution in [0.2, 0.25) is 10.0 Å². The van der Waals surface area contributed by atoms with Crippen LogP contribution in [-0.2, 0) is 7.05 Å². The van der Waals surface area contributed by atoms with Crippen LogP contribution in [0.25, 0.3) is 21.8 Å². The first-order valence-corrected chi connectivity index (χ1v) is 18.6. The number of hydrogen-bond acceptors (Lipinski definition) is 7. The largest absolute Gasteiger partial charge is 0.410 e. The Morgan fingerprint density at radius 1 is 0.589 bits per heavy atom. The van der Waals surface area contributed by atoms with Gasteiger partial charge in [0.25, 0.3) is 0 Å². The third kappa shape index (κ3) is 7.93. The number of nitrogens with zero attached hydrogens (tertiary/aromatic N) is 4. The third-order valence-electron chi connectivity index (χ3n) is 9.55. The minimum absolute atomic E-state index is 0.448. The average Bonchev–Trinajstić information content (AvgIpc) is 3.60. The van der Waals surface area contributed by atoms with E-state index in [4.69, 9.17) is 23.2 Å². The van der Waals surface area contributed by atoms with E-state index in [-0.39, 0.29) is 0 Å². The van der Waals surface area contributed by atoms with E-state index in [1.807, 2.05) is 154 Å². The summed E-state index contributed by atoms with van der Waals surface area (Å²) in [7, 11) is 2.02. The SMILES string of the molecule is Cc1ccccc1C(=NO)c1ccc(Nc2cccc3ccn(C)c23)cc1Cl.Cc1ccccc1C(=NO)c1ccc(Nc2ccnc3ccccc23)cc1Cl. The van der Waals surface area contributed by atoms with Gasteiger partial charge in [0.15, 0.2) is 0 Å². The molecule has 0 saturated heterocycles. The van der Waals surface area contributed by atoms with Gasteiger partial charge in [-0.05, 0) is 85.6 Å². The lowest BCUT2D eigenvalue weighted by molar-refractivity contribution is 0.319. The van der Waals surface area contributed by atoms with E-state index in [9.17, 15) is 10.4 Å². The van der Waals surface area contributed by atoms with Crippen LogP contribution in [0.15, 0.2) is 162 Å². The van der Waals surface area contributed by atoms with Gasteiger partial charge in [0.2, 0.25) is 0 Å². The van der Waals surface area contributed by atoms with E-state index in [0.29, 0.717) is 32.6 Å². The number of nitrogens with one attached hydrogen (secondary N) is 2. The molecule has 0 aliphatic carbocycles. The fourth-order valence-corrected chi connectivity index (χ4v) is 7.27. The summed E-state index contributed by atoms with van der Waals surface area (Å²) in [6, 6.07) is 44.9. The molecule has 0 fully saturated rings. The van der Waals surface area contributed by atoms with Crippen LogP contribution >= 0.6 is 23.2 Å². The number of benzene rings is 6. The number of oxime groups is 2. The molecule has 278 valence electrons. The van der Waals surface area contributed by atoms with E-state index in [1.54, 1.807) is 6.20 Å². The summed E-state index contributed by atoms with van der Waals surface area (Å²) in [5, 5.41) is 36.3. The van der Waals surface area contributed by atoms with Gasteiger partial charge in [-0.15, -0.1) is 0 Å². The van der Waals surface area contributed by atoms with Crippen molar-refractivity contribution in [3.63, 3.8) is 0 Å². The Morgan fingerprint density at radius 2 is 1.14 bits per heavy atom. The number of anilines is 4. The highest BCUT2D eigenvalue weighted by Crippen LogP contribution is 2.32. The molecule has 0 radical (unpaired) electrons. The van der Waals surface area contributed by atoms with Gasteiger partial charge >= 0.3 is 0 Å². The van der Waals surface area contributed by atoms with Gasteiger partial charge in [-0.3, -0.25) is 4.98 Å². The number of aromatic nitrogens is 2. The number of rotatable bonds is 8. The highest BCUT2D eigenvalue weighted by atomic mass is 35.5. The van der Waals surface area contributed by atoms with Crippen LogP contribution in [0.1, 0.15) is 33.4 Å². The number of pyridine rings is 1. The summed E-state index contributed by atoms with van der Waals surface area (Å²) in [6.45, 7) is 3.95. The second-order valence-corrected chi connectivity index (χ2v) is 14.0. The molecule has 0 atom stereocenters. The fourth-order valence-electron chi connectivity index (χ4n) is 6.73. The number of para-hydroxylation sites is 2. The molecule has 8 rings (SSSR count). The van der Waals surface area contributed by atoms with Crippen LogP contribution in [0, 0.1) is 13.8 Å². The van der Waals surface area contributed by atoms with Gasteiger partial charge in [-0.2, -0.15) is 0 Å². The Balaban J connectivity index is 0.000000172. The van der Waals surface area contributed by atoms with Crippen LogP contribution in [0.5, 0.6) is 0 Å². The Bertz CT molecular complexity index is 2750. The van der Waals surface area contributed by atoms with Crippen molar-refractivity contribution in [1.82, 2.24) is 9.55 Å². The van der Waals surface area contributed by atoms with Crippen LogP contribution in [0.3, 0.4) is 0 Å². The zero-order valence-corrected chi connectivity index (χ0v) is 32.4. The molecule has 0 unspecified atom stereocenters. The molecule has 0 aliphatic heterocycles. The minimum Gasteiger partial charge on any atom is -0.410 e. The van der Waals surface area contributed by atoms with Crippen molar-refractivity contribution in [2.75, 3.05) is 10.6 Å². The predicted molar refractivity (Wildman–Crippen MR) is 231 cm³/mol. The summed E-state index contributed by atoms with van der Waals surface area (Å²) in [5.74, 6) is 0. The van der Waals surface area contributed by atoms with Gasteiger partial charge in [0.05, 0.1) is 26.8 Å². The van der Waals surface area contributed by atoms with Crippen molar-refractivity contribution in [2.24, 2.45) is 17.4 Å². The third-order valence-corrected chi connectivity index (χ3v) is 10.2. The predicted octanol–water partition coefficient (Wildman–Crippen LogP) is 12.3. The first-order chi connectivity index (χ1) is 27.2. The molecule has 0 bridgehead atoms. The van der Waals surface area contributed by atoms with Crippen molar-refractivity contribution in [2.45, 2.75) is 13.8 Å². The van der Waals surface area contributed by atoms with Gasteiger partial charge in [0.1, 0.15) is 11.4 Å². The molecule has 10 heteroatoms. The Labute approximate surface area is 335 Å². The molecule has 56 heavy (non-hydrogen) atoms. The van der Waals surface area contributed by atoms with Crippen molar-refractivity contribution in [1.29, 1.82) is 0 Å². The summed E-state index contributed by atoms with van der Waals surface area (Å²) in [5.41, 5.74) is 11.7. The molecule has 0 spiro atoms. The fraction of sp³-hybridized carbons (Fsp3) is 0.0652. The Kier molecular flexibility index (Phi) is 11.3. The van der Waals surface area contributed by atoms with Crippen LogP contribution in [-0.4, -0.2) is 31.4 Å². The lowest BCUT2D eigenvalue weighted by atomic mass is 9.98. The maximum absolute atomic E-state index is 9.62. The lowest BCUT2D eigenvalue weighted by Gasteiger charge is -2.13. The summed E-state index contributed by atoms with van der Waals surface area (Å²) in [6.07, 6.45) is 3.81. The first kappa shape index (κ1) is 37.7. The second-order valence-electron chi connectivity index (χ2n) is 13.2. The van der Waals surface area contributed by atoms with Gasteiger partial charge < -0.3 is 25.6 Å². The molecular weight excluding hydrogens is 739 g/mol. The maximum Gasteiger partial charge on any atom is 0.118 e. The molecule has 4 N–H and O–H groups in total. The number of hydrogen-bond donors (Lipinski definition) is 4. The zero-order chi connectivity index (χ0) is 39.2. The van der Waals surface area contributed by atoms with Gasteiger partial charge in [-0.25, -0.2) is 0 Å². The maximum atomic E-state index is 9.62. The highest BCUT2D eigenvalue weighted by Gasteiger charge is 2.16. The quantitative estimate of drug-likeness (QED) is 0.0698. The lowest BCUT2D eigenvalue weighted by Crippen LogP contribution is -2.06. The summed E-state index contributed by atoms with van der Waals surface area (Å²) in [4.78, 5) is 4.38. The molecule has 2 aromatic heterocycles.